The molecule has 0 radical (unpaired) electrons. The Morgan fingerprint density at radius 1 is 1.27 bits per heavy atom. The maximum Gasteiger partial charge on any atom is 0.264 e. The van der Waals surface area contributed by atoms with Gasteiger partial charge in [0.05, 0.1) is 19.1 Å². The molecule has 0 spiro atoms. The van der Waals surface area contributed by atoms with Gasteiger partial charge in [-0.3, -0.25) is 4.84 Å². The molecule has 1 aromatic carbocycles. The van der Waals surface area contributed by atoms with Crippen LogP contribution in [0.4, 0.5) is 0 Å². The number of methoxy groups -OCH3 is 1. The zero-order valence-corrected chi connectivity index (χ0v) is 9.61. The first-order valence-electron chi connectivity index (χ1n) is 4.19. The van der Waals surface area contributed by atoms with E-state index in [1.807, 2.05) is 0 Å². The van der Waals surface area contributed by atoms with E-state index in [1.165, 1.54) is 33.4 Å². The van der Waals surface area contributed by atoms with Gasteiger partial charge >= 0.3 is 0 Å². The Kier molecular flexibility index (Phi) is 3.67. The van der Waals surface area contributed by atoms with Crippen molar-refractivity contribution in [1.29, 1.82) is 0 Å². The van der Waals surface area contributed by atoms with E-state index in [0.717, 1.165) is 4.47 Å². The highest BCUT2D eigenvalue weighted by Gasteiger charge is 2.20. The van der Waals surface area contributed by atoms with Crippen LogP contribution < -0.4 is 4.74 Å². The lowest BCUT2D eigenvalue weighted by molar-refractivity contribution is -0.0258. The molecule has 0 aliphatic rings. The van der Waals surface area contributed by atoms with Crippen molar-refractivity contribution in [3.63, 3.8) is 0 Å². The smallest absolute Gasteiger partial charge is 0.264 e. The van der Waals surface area contributed by atoms with Gasteiger partial charge in [0.2, 0.25) is 0 Å². The highest BCUT2D eigenvalue weighted by atomic mass is 32.2. The number of hydroxylamine groups is 1. The number of nitrogens with zero attached hydrogens (tertiary/aromatic N) is 1. The Morgan fingerprint density at radius 2 is 1.93 bits per heavy atom. The van der Waals surface area contributed by atoms with Crippen molar-refractivity contribution < 1.29 is 18.0 Å². The number of sulfonamides is 1. The van der Waals surface area contributed by atoms with E-state index in [1.54, 1.807) is 12.1 Å². The van der Waals surface area contributed by atoms with Gasteiger partial charge in [0.1, 0.15) is 5.75 Å². The molecule has 84 valence electrons. The number of hydrogen-bond acceptors (Lipinski definition) is 4. The molecule has 0 aromatic heterocycles. The maximum absolute atomic E-state index is 11.8. The van der Waals surface area contributed by atoms with Gasteiger partial charge in [0.25, 0.3) is 10.0 Å². The number of benzene rings is 1. The topological polar surface area (TPSA) is 55.8 Å². The second-order valence-corrected chi connectivity index (χ2v) is 4.71. The molecule has 15 heavy (non-hydrogen) atoms. The first-order valence-corrected chi connectivity index (χ1v) is 5.63. The Bertz CT molecular complexity index is 429. The highest BCUT2D eigenvalue weighted by Crippen LogP contribution is 2.19. The van der Waals surface area contributed by atoms with E-state index in [0.29, 0.717) is 5.75 Å². The molecular formula is C9H13NO4S. The molecule has 1 rings (SSSR count). The number of hydrogen-bond donors (Lipinski definition) is 0. The summed E-state index contributed by atoms with van der Waals surface area (Å²) in [6.07, 6.45) is 0. The molecular weight excluding hydrogens is 218 g/mol. The van der Waals surface area contributed by atoms with Crippen molar-refractivity contribution in [3.05, 3.63) is 24.3 Å². The standard InChI is InChI=1S/C9H13NO4S/c1-10(14-3)15(11,12)9-6-4-5-8(7-9)13-2/h4-7H,1-3H3. The summed E-state index contributed by atoms with van der Waals surface area (Å²) >= 11 is 0. The molecule has 0 aliphatic heterocycles. The van der Waals surface area contributed by atoms with Crippen molar-refractivity contribution in [3.8, 4) is 5.75 Å². The normalized spacial score (nSPS) is 11.7. The van der Waals surface area contributed by atoms with Crippen LogP contribution in [0.3, 0.4) is 0 Å². The largest absolute Gasteiger partial charge is 0.497 e. The SMILES string of the molecule is COc1cccc(S(=O)(=O)N(C)OC)c1. The number of rotatable bonds is 4. The van der Waals surface area contributed by atoms with Gasteiger partial charge in [0, 0.05) is 13.1 Å². The fourth-order valence-corrected chi connectivity index (χ4v) is 2.02. The lowest BCUT2D eigenvalue weighted by atomic mass is 10.3. The van der Waals surface area contributed by atoms with E-state index >= 15 is 0 Å². The molecule has 0 heterocycles. The summed E-state index contributed by atoms with van der Waals surface area (Å²) in [7, 11) is 0.505. The minimum Gasteiger partial charge on any atom is -0.497 e. The average Bonchev–Trinajstić information content (AvgIpc) is 2.27. The molecule has 6 heteroatoms. The Morgan fingerprint density at radius 3 is 2.47 bits per heavy atom. The maximum atomic E-state index is 11.8. The highest BCUT2D eigenvalue weighted by molar-refractivity contribution is 7.89. The van der Waals surface area contributed by atoms with Crippen LogP contribution in [0, 0.1) is 0 Å². The summed E-state index contributed by atoms with van der Waals surface area (Å²) in [5.41, 5.74) is 0. The Labute approximate surface area is 89.2 Å². The molecule has 0 N–H and O–H groups in total. The van der Waals surface area contributed by atoms with Crippen LogP contribution in [0.25, 0.3) is 0 Å². The quantitative estimate of drug-likeness (QED) is 0.722. The lowest BCUT2D eigenvalue weighted by Gasteiger charge is -2.14. The van der Waals surface area contributed by atoms with Crippen LogP contribution >= 0.6 is 0 Å². The van der Waals surface area contributed by atoms with Crippen LogP contribution in [0.2, 0.25) is 0 Å². The summed E-state index contributed by atoms with van der Waals surface area (Å²) in [6, 6.07) is 6.19. The van der Waals surface area contributed by atoms with Crippen molar-refractivity contribution in [1.82, 2.24) is 4.47 Å². The van der Waals surface area contributed by atoms with Gasteiger partial charge in [-0.15, -0.1) is 0 Å². The minimum atomic E-state index is -3.59. The molecule has 1 aromatic rings. The second-order valence-electron chi connectivity index (χ2n) is 2.78. The first-order chi connectivity index (χ1) is 7.02. The molecule has 0 aliphatic carbocycles. The fourth-order valence-electron chi connectivity index (χ4n) is 1.01. The third-order valence-electron chi connectivity index (χ3n) is 1.93. The predicted molar refractivity (Wildman–Crippen MR) is 55.0 cm³/mol. The summed E-state index contributed by atoms with van der Waals surface area (Å²) in [6.45, 7) is 0. The average molecular weight is 231 g/mol. The van der Waals surface area contributed by atoms with Crippen LogP contribution in [0.1, 0.15) is 0 Å². The van der Waals surface area contributed by atoms with Crippen LogP contribution in [0.5, 0.6) is 5.75 Å². The minimum absolute atomic E-state index is 0.131. The molecule has 0 amide bonds. The fraction of sp³-hybridized carbons (Fsp3) is 0.333. The third kappa shape index (κ3) is 2.47. The van der Waals surface area contributed by atoms with Gasteiger partial charge in [-0.05, 0) is 12.1 Å². The molecule has 0 unspecified atom stereocenters. The van der Waals surface area contributed by atoms with Crippen LogP contribution in [-0.2, 0) is 14.9 Å². The zero-order valence-electron chi connectivity index (χ0n) is 8.80. The lowest BCUT2D eigenvalue weighted by Crippen LogP contribution is -2.25. The number of ether oxygens (including phenoxy) is 1. The van der Waals surface area contributed by atoms with Crippen molar-refractivity contribution in [2.45, 2.75) is 4.90 Å². The van der Waals surface area contributed by atoms with Gasteiger partial charge < -0.3 is 4.74 Å². The van der Waals surface area contributed by atoms with Gasteiger partial charge in [-0.25, -0.2) is 8.42 Å². The summed E-state index contributed by atoms with van der Waals surface area (Å²) in [5, 5.41) is 0. The van der Waals surface area contributed by atoms with Crippen molar-refractivity contribution in [2.75, 3.05) is 21.3 Å². The summed E-state index contributed by atoms with van der Waals surface area (Å²) in [4.78, 5) is 4.78. The van der Waals surface area contributed by atoms with Gasteiger partial charge in [-0.1, -0.05) is 10.5 Å². The molecule has 5 nitrogen and oxygen atoms in total. The van der Waals surface area contributed by atoms with E-state index in [4.69, 9.17) is 4.74 Å². The molecule has 0 saturated carbocycles. The van der Waals surface area contributed by atoms with Gasteiger partial charge in [0.15, 0.2) is 0 Å². The Hall–Kier alpha value is -1.11. The zero-order chi connectivity index (χ0) is 11.5. The van der Waals surface area contributed by atoms with Crippen LogP contribution in [-0.4, -0.2) is 34.2 Å². The van der Waals surface area contributed by atoms with Gasteiger partial charge in [-0.2, -0.15) is 0 Å². The van der Waals surface area contributed by atoms with Crippen molar-refractivity contribution in [2.24, 2.45) is 0 Å². The summed E-state index contributed by atoms with van der Waals surface area (Å²) in [5.74, 6) is 0.487. The molecule has 0 atom stereocenters. The second kappa shape index (κ2) is 4.61. The van der Waals surface area contributed by atoms with E-state index in [2.05, 4.69) is 4.84 Å². The van der Waals surface area contributed by atoms with E-state index in [9.17, 15) is 8.42 Å². The molecule has 0 saturated heterocycles. The molecule has 0 fully saturated rings. The first kappa shape index (κ1) is 12.0. The Balaban J connectivity index is 3.16. The molecule has 0 bridgehead atoms. The summed E-state index contributed by atoms with van der Waals surface area (Å²) < 4.78 is 29.3. The monoisotopic (exact) mass is 231 g/mol. The van der Waals surface area contributed by atoms with Crippen molar-refractivity contribution >= 4 is 10.0 Å². The van der Waals surface area contributed by atoms with Crippen LogP contribution in [0.15, 0.2) is 29.2 Å². The predicted octanol–water partition coefficient (Wildman–Crippen LogP) is 0.877. The third-order valence-corrected chi connectivity index (χ3v) is 3.61. The van der Waals surface area contributed by atoms with E-state index in [-0.39, 0.29) is 4.90 Å². The van der Waals surface area contributed by atoms with E-state index < -0.39 is 10.0 Å².